The Balaban J connectivity index is 2.71. The van der Waals surface area contributed by atoms with Crippen LogP contribution in [-0.4, -0.2) is 42.5 Å². The van der Waals surface area contributed by atoms with Crippen molar-refractivity contribution < 1.29 is 19.2 Å². The van der Waals surface area contributed by atoms with Gasteiger partial charge >= 0.3 is 11.8 Å². The molecule has 0 bridgehead atoms. The fourth-order valence-corrected chi connectivity index (χ4v) is 2.14. The minimum Gasteiger partial charge on any atom is -0.464 e. The summed E-state index contributed by atoms with van der Waals surface area (Å²) in [5.41, 5.74) is -0.104. The Labute approximate surface area is 117 Å². The summed E-state index contributed by atoms with van der Waals surface area (Å²) in [5, 5.41) is 14.7. The first-order valence-electron chi connectivity index (χ1n) is 6.13. The molecule has 1 aromatic heterocycles. The zero-order valence-corrected chi connectivity index (χ0v) is 13.1. The van der Waals surface area contributed by atoms with Gasteiger partial charge in [0.15, 0.2) is 5.69 Å². The van der Waals surface area contributed by atoms with E-state index in [2.05, 4.69) is 29.5 Å². The monoisotopic (exact) mass is 301 g/mol. The van der Waals surface area contributed by atoms with Crippen LogP contribution in [0.15, 0.2) is 6.07 Å². The van der Waals surface area contributed by atoms with Crippen molar-refractivity contribution in [1.82, 2.24) is 9.78 Å². The van der Waals surface area contributed by atoms with Gasteiger partial charge in [-0.2, -0.15) is 0 Å². The maximum Gasteiger partial charge on any atom is 0.360 e. The number of nitrogens with zero attached hydrogens (tertiary/aromatic N) is 3. The van der Waals surface area contributed by atoms with Crippen molar-refractivity contribution in [3.05, 3.63) is 21.9 Å². The predicted octanol–water partition coefficient (Wildman–Crippen LogP) is 1.89. The van der Waals surface area contributed by atoms with E-state index in [0.29, 0.717) is 6.61 Å². The van der Waals surface area contributed by atoms with E-state index < -0.39 is 19.0 Å². The Bertz CT molecular complexity index is 495. The van der Waals surface area contributed by atoms with Crippen LogP contribution >= 0.6 is 0 Å². The van der Waals surface area contributed by atoms with E-state index in [0.717, 1.165) is 16.8 Å². The molecule has 112 valence electrons. The van der Waals surface area contributed by atoms with Crippen LogP contribution in [0.3, 0.4) is 0 Å². The van der Waals surface area contributed by atoms with Crippen molar-refractivity contribution in [2.75, 3.05) is 13.7 Å². The van der Waals surface area contributed by atoms with E-state index >= 15 is 0 Å². The van der Waals surface area contributed by atoms with Crippen LogP contribution in [0.25, 0.3) is 0 Å². The summed E-state index contributed by atoms with van der Waals surface area (Å²) in [6.45, 7) is 7.09. The molecule has 20 heavy (non-hydrogen) atoms. The molecule has 0 atom stereocenters. The minimum atomic E-state index is -1.21. The zero-order valence-electron chi connectivity index (χ0n) is 12.1. The van der Waals surface area contributed by atoms with E-state index in [4.69, 9.17) is 4.74 Å². The van der Waals surface area contributed by atoms with Crippen molar-refractivity contribution >= 4 is 19.9 Å². The SMILES string of the molecule is COC(=O)c1cc([N+](=O)[O-])n(COCC[Si](C)(C)C)n1. The van der Waals surface area contributed by atoms with Gasteiger partial charge < -0.3 is 19.6 Å². The Morgan fingerprint density at radius 2 is 2.15 bits per heavy atom. The molecule has 0 aliphatic rings. The molecule has 0 radical (unpaired) electrons. The van der Waals surface area contributed by atoms with Crippen LogP contribution in [0.4, 0.5) is 5.82 Å². The Morgan fingerprint density at radius 3 is 2.65 bits per heavy atom. The fourth-order valence-electron chi connectivity index (χ4n) is 1.38. The van der Waals surface area contributed by atoms with Gasteiger partial charge in [0.1, 0.15) is 0 Å². The lowest BCUT2D eigenvalue weighted by Crippen LogP contribution is -2.22. The summed E-state index contributed by atoms with van der Waals surface area (Å²) in [4.78, 5) is 21.6. The van der Waals surface area contributed by atoms with E-state index in [1.54, 1.807) is 0 Å². The molecular weight excluding hydrogens is 282 g/mol. The van der Waals surface area contributed by atoms with E-state index in [-0.39, 0.29) is 18.2 Å². The Morgan fingerprint density at radius 1 is 1.50 bits per heavy atom. The number of esters is 1. The van der Waals surface area contributed by atoms with Gasteiger partial charge in [-0.25, -0.2) is 4.79 Å². The standard InChI is InChI=1S/C11H19N3O5Si/c1-18-11(15)9-7-10(14(16)17)13(12-9)8-19-5-6-20(2,3)4/h7H,5-6,8H2,1-4H3. The van der Waals surface area contributed by atoms with Gasteiger partial charge in [-0.15, -0.1) is 4.68 Å². The predicted molar refractivity (Wildman–Crippen MR) is 74.3 cm³/mol. The number of rotatable bonds is 7. The molecule has 0 spiro atoms. The first kappa shape index (κ1) is 16.3. The average Bonchev–Trinajstić information content (AvgIpc) is 2.76. The molecule has 0 saturated heterocycles. The molecule has 1 heterocycles. The third-order valence-corrected chi connectivity index (χ3v) is 4.25. The van der Waals surface area contributed by atoms with Gasteiger partial charge in [-0.1, -0.05) is 24.7 Å². The molecule has 0 saturated carbocycles. The summed E-state index contributed by atoms with van der Waals surface area (Å²) < 4.78 is 10.9. The Kier molecular flexibility index (Phi) is 5.40. The highest BCUT2D eigenvalue weighted by Gasteiger charge is 2.23. The molecule has 0 aliphatic heterocycles. The number of aromatic nitrogens is 2. The minimum absolute atomic E-state index is 0.0578. The molecule has 0 N–H and O–H groups in total. The molecule has 1 aromatic rings. The normalized spacial score (nSPS) is 11.4. The van der Waals surface area contributed by atoms with Crippen LogP contribution in [-0.2, 0) is 16.2 Å². The number of nitro groups is 1. The largest absolute Gasteiger partial charge is 0.464 e. The molecule has 0 amide bonds. The number of hydrogen-bond donors (Lipinski definition) is 0. The molecular formula is C11H19N3O5Si. The Hall–Kier alpha value is -1.74. The summed E-state index contributed by atoms with van der Waals surface area (Å²) in [6, 6.07) is 2.03. The van der Waals surface area contributed by atoms with Gasteiger partial charge in [0.05, 0.1) is 13.2 Å². The number of carbonyl (C=O) groups excluding carboxylic acids is 1. The third-order valence-electron chi connectivity index (χ3n) is 2.55. The lowest BCUT2D eigenvalue weighted by molar-refractivity contribution is -0.393. The molecule has 0 aromatic carbocycles. The van der Waals surface area contributed by atoms with Crippen LogP contribution in [0.5, 0.6) is 0 Å². The fraction of sp³-hybridized carbons (Fsp3) is 0.636. The van der Waals surface area contributed by atoms with Crippen molar-refractivity contribution in [3.63, 3.8) is 0 Å². The van der Waals surface area contributed by atoms with Crippen molar-refractivity contribution in [2.45, 2.75) is 32.4 Å². The first-order valence-corrected chi connectivity index (χ1v) is 9.83. The van der Waals surface area contributed by atoms with Gasteiger partial charge in [0.25, 0.3) is 0 Å². The number of ether oxygens (including phenoxy) is 2. The van der Waals surface area contributed by atoms with Crippen LogP contribution in [0.1, 0.15) is 10.5 Å². The first-order chi connectivity index (χ1) is 9.24. The van der Waals surface area contributed by atoms with Gasteiger partial charge in [-0.3, -0.25) is 0 Å². The van der Waals surface area contributed by atoms with E-state index in [1.165, 1.54) is 7.11 Å². The molecule has 0 unspecified atom stereocenters. The van der Waals surface area contributed by atoms with Crippen LogP contribution in [0.2, 0.25) is 25.7 Å². The van der Waals surface area contributed by atoms with Crippen molar-refractivity contribution in [1.29, 1.82) is 0 Å². The van der Waals surface area contributed by atoms with Gasteiger partial charge in [-0.05, 0) is 11.0 Å². The second kappa shape index (κ2) is 6.62. The molecule has 8 nitrogen and oxygen atoms in total. The summed E-state index contributed by atoms with van der Waals surface area (Å²) >= 11 is 0. The quantitative estimate of drug-likeness (QED) is 0.251. The van der Waals surface area contributed by atoms with E-state index in [1.807, 2.05) is 0 Å². The smallest absolute Gasteiger partial charge is 0.360 e. The summed E-state index contributed by atoms with van der Waals surface area (Å²) in [5.74, 6) is -1.01. The third kappa shape index (κ3) is 4.74. The summed E-state index contributed by atoms with van der Waals surface area (Å²) in [7, 11) is -0.0198. The molecule has 0 fully saturated rings. The van der Waals surface area contributed by atoms with Gasteiger partial charge in [0.2, 0.25) is 6.73 Å². The number of hydrogen-bond acceptors (Lipinski definition) is 6. The average molecular weight is 301 g/mol. The zero-order chi connectivity index (χ0) is 15.3. The van der Waals surface area contributed by atoms with E-state index in [9.17, 15) is 14.9 Å². The van der Waals surface area contributed by atoms with Crippen LogP contribution in [0, 0.1) is 10.1 Å². The number of carbonyl (C=O) groups is 1. The second-order valence-corrected chi connectivity index (χ2v) is 11.1. The highest BCUT2D eigenvalue weighted by Crippen LogP contribution is 2.15. The highest BCUT2D eigenvalue weighted by molar-refractivity contribution is 6.76. The maximum atomic E-state index is 11.3. The van der Waals surface area contributed by atoms with Crippen molar-refractivity contribution in [3.8, 4) is 0 Å². The molecule has 9 heteroatoms. The number of methoxy groups -OCH3 is 1. The lowest BCUT2D eigenvalue weighted by atomic mass is 10.4. The topological polar surface area (TPSA) is 96.5 Å². The maximum absolute atomic E-state index is 11.3. The van der Waals surface area contributed by atoms with Crippen LogP contribution < -0.4 is 0 Å². The highest BCUT2D eigenvalue weighted by atomic mass is 28.3. The van der Waals surface area contributed by atoms with Crippen molar-refractivity contribution in [2.24, 2.45) is 0 Å². The molecule has 1 rings (SSSR count). The summed E-state index contributed by atoms with van der Waals surface area (Å²) in [6.07, 6.45) is 0. The van der Waals surface area contributed by atoms with Gasteiger partial charge in [0, 0.05) is 14.7 Å². The lowest BCUT2D eigenvalue weighted by Gasteiger charge is -2.14. The second-order valence-electron chi connectivity index (χ2n) is 5.48. The molecule has 0 aliphatic carbocycles.